The Morgan fingerprint density at radius 2 is 2.19 bits per heavy atom. The standard InChI is InChI=1S/C16H16N2O3/c1-3-14-15(6-4-11(2)18-14)21-13-8-12(9-17-10-13)5-7-16(19)20/h4-10H,3H2,1-2H3,(H,19,20)/b7-5+. The Hall–Kier alpha value is -2.69. The lowest BCUT2D eigenvalue weighted by Gasteiger charge is -2.10. The van der Waals surface area contributed by atoms with E-state index in [0.29, 0.717) is 17.1 Å². The summed E-state index contributed by atoms with van der Waals surface area (Å²) in [5.41, 5.74) is 2.48. The molecule has 2 rings (SSSR count). The molecule has 5 nitrogen and oxygen atoms in total. The van der Waals surface area contributed by atoms with Crippen molar-refractivity contribution in [1.29, 1.82) is 0 Å². The van der Waals surface area contributed by atoms with Crippen molar-refractivity contribution in [2.24, 2.45) is 0 Å². The lowest BCUT2D eigenvalue weighted by atomic mass is 10.2. The van der Waals surface area contributed by atoms with Gasteiger partial charge in [-0.05, 0) is 43.2 Å². The Balaban J connectivity index is 2.24. The molecule has 2 aromatic rings. The van der Waals surface area contributed by atoms with E-state index in [2.05, 4.69) is 9.97 Å². The van der Waals surface area contributed by atoms with Gasteiger partial charge in [-0.25, -0.2) is 4.79 Å². The average Bonchev–Trinajstić information content (AvgIpc) is 2.47. The van der Waals surface area contributed by atoms with Crippen molar-refractivity contribution in [1.82, 2.24) is 9.97 Å². The third kappa shape index (κ3) is 4.14. The number of rotatable bonds is 5. The van der Waals surface area contributed by atoms with Crippen molar-refractivity contribution in [3.63, 3.8) is 0 Å². The number of aryl methyl sites for hydroxylation is 2. The van der Waals surface area contributed by atoms with Crippen LogP contribution < -0.4 is 4.74 Å². The van der Waals surface area contributed by atoms with Crippen LogP contribution in [0.2, 0.25) is 0 Å². The normalized spacial score (nSPS) is 10.8. The number of carbonyl (C=O) groups is 1. The molecule has 2 heterocycles. The van der Waals surface area contributed by atoms with E-state index >= 15 is 0 Å². The molecule has 0 radical (unpaired) electrons. The Bertz CT molecular complexity index is 681. The average molecular weight is 284 g/mol. The van der Waals surface area contributed by atoms with Crippen molar-refractivity contribution in [3.8, 4) is 11.5 Å². The second-order valence-electron chi connectivity index (χ2n) is 4.48. The molecule has 5 heteroatoms. The number of hydrogen-bond acceptors (Lipinski definition) is 4. The summed E-state index contributed by atoms with van der Waals surface area (Å²) in [6.45, 7) is 3.95. The molecule has 0 spiro atoms. The van der Waals surface area contributed by atoms with Crippen LogP contribution in [0.25, 0.3) is 6.08 Å². The van der Waals surface area contributed by atoms with Gasteiger partial charge in [-0.3, -0.25) is 9.97 Å². The zero-order valence-electron chi connectivity index (χ0n) is 11.9. The highest BCUT2D eigenvalue weighted by atomic mass is 16.5. The number of carboxylic acid groups (broad SMARTS) is 1. The van der Waals surface area contributed by atoms with Gasteiger partial charge in [0.05, 0.1) is 11.9 Å². The van der Waals surface area contributed by atoms with Crippen LogP contribution in [0.3, 0.4) is 0 Å². The highest BCUT2D eigenvalue weighted by Crippen LogP contribution is 2.25. The monoisotopic (exact) mass is 284 g/mol. The Morgan fingerprint density at radius 1 is 1.38 bits per heavy atom. The minimum Gasteiger partial charge on any atom is -0.478 e. The van der Waals surface area contributed by atoms with Gasteiger partial charge < -0.3 is 9.84 Å². The first-order valence-electron chi connectivity index (χ1n) is 6.59. The SMILES string of the molecule is CCc1nc(C)ccc1Oc1cncc(/C=C/C(=O)O)c1. The maximum Gasteiger partial charge on any atom is 0.328 e. The summed E-state index contributed by atoms with van der Waals surface area (Å²) >= 11 is 0. The minimum atomic E-state index is -1.00. The zero-order valence-corrected chi connectivity index (χ0v) is 11.9. The van der Waals surface area contributed by atoms with Gasteiger partial charge in [-0.1, -0.05) is 6.92 Å². The van der Waals surface area contributed by atoms with Gasteiger partial charge in [0.15, 0.2) is 0 Å². The molecule has 0 saturated heterocycles. The van der Waals surface area contributed by atoms with Crippen LogP contribution in [0.5, 0.6) is 11.5 Å². The first kappa shape index (κ1) is 14.7. The molecule has 0 aliphatic heterocycles. The molecule has 0 aliphatic rings. The highest BCUT2D eigenvalue weighted by Gasteiger charge is 2.06. The van der Waals surface area contributed by atoms with Gasteiger partial charge in [0, 0.05) is 18.0 Å². The van der Waals surface area contributed by atoms with Crippen molar-refractivity contribution in [2.45, 2.75) is 20.3 Å². The fourth-order valence-corrected chi connectivity index (χ4v) is 1.82. The lowest BCUT2D eigenvalue weighted by Crippen LogP contribution is -1.96. The van der Waals surface area contributed by atoms with Gasteiger partial charge in [0.25, 0.3) is 0 Å². The van der Waals surface area contributed by atoms with Crippen molar-refractivity contribution in [2.75, 3.05) is 0 Å². The fraction of sp³-hybridized carbons (Fsp3) is 0.188. The van der Waals surface area contributed by atoms with Gasteiger partial charge >= 0.3 is 5.97 Å². The van der Waals surface area contributed by atoms with Gasteiger partial charge in [0.1, 0.15) is 11.5 Å². The van der Waals surface area contributed by atoms with Crippen LogP contribution in [0, 0.1) is 6.92 Å². The Morgan fingerprint density at radius 3 is 2.90 bits per heavy atom. The minimum absolute atomic E-state index is 0.544. The molecule has 108 valence electrons. The molecule has 0 saturated carbocycles. The van der Waals surface area contributed by atoms with E-state index in [4.69, 9.17) is 9.84 Å². The third-order valence-electron chi connectivity index (χ3n) is 2.79. The summed E-state index contributed by atoms with van der Waals surface area (Å²) in [4.78, 5) is 19.0. The maximum absolute atomic E-state index is 10.5. The van der Waals surface area contributed by atoms with Crippen LogP contribution in [0.4, 0.5) is 0 Å². The van der Waals surface area contributed by atoms with Crippen LogP contribution in [0.15, 0.2) is 36.7 Å². The summed E-state index contributed by atoms with van der Waals surface area (Å²) in [7, 11) is 0. The second-order valence-corrected chi connectivity index (χ2v) is 4.48. The lowest BCUT2D eigenvalue weighted by molar-refractivity contribution is -0.131. The molecular weight excluding hydrogens is 268 g/mol. The molecular formula is C16H16N2O3. The van der Waals surface area contributed by atoms with Crippen LogP contribution in [-0.2, 0) is 11.2 Å². The molecule has 0 bridgehead atoms. The number of pyridine rings is 2. The van der Waals surface area contributed by atoms with E-state index < -0.39 is 5.97 Å². The number of carboxylic acids is 1. The third-order valence-corrected chi connectivity index (χ3v) is 2.79. The molecule has 0 amide bonds. The van der Waals surface area contributed by atoms with E-state index in [1.54, 1.807) is 18.5 Å². The van der Waals surface area contributed by atoms with Gasteiger partial charge in [-0.2, -0.15) is 0 Å². The van der Waals surface area contributed by atoms with Gasteiger partial charge in [-0.15, -0.1) is 0 Å². The summed E-state index contributed by atoms with van der Waals surface area (Å²) in [5.74, 6) is 0.226. The Labute approximate surface area is 122 Å². The number of nitrogens with zero attached hydrogens (tertiary/aromatic N) is 2. The first-order valence-corrected chi connectivity index (χ1v) is 6.59. The second kappa shape index (κ2) is 6.65. The quantitative estimate of drug-likeness (QED) is 0.853. The smallest absolute Gasteiger partial charge is 0.328 e. The van der Waals surface area contributed by atoms with Gasteiger partial charge in [0.2, 0.25) is 0 Å². The van der Waals surface area contributed by atoms with Crippen molar-refractivity contribution >= 4 is 12.0 Å². The predicted molar refractivity (Wildman–Crippen MR) is 79.3 cm³/mol. The molecule has 0 fully saturated rings. The molecule has 0 atom stereocenters. The zero-order chi connectivity index (χ0) is 15.2. The molecule has 0 unspecified atom stereocenters. The first-order chi connectivity index (χ1) is 10.1. The van der Waals surface area contributed by atoms with E-state index in [1.165, 1.54) is 6.08 Å². The maximum atomic E-state index is 10.5. The summed E-state index contributed by atoms with van der Waals surface area (Å²) < 4.78 is 5.80. The largest absolute Gasteiger partial charge is 0.478 e. The molecule has 21 heavy (non-hydrogen) atoms. The number of hydrogen-bond donors (Lipinski definition) is 1. The van der Waals surface area contributed by atoms with E-state index in [-0.39, 0.29) is 0 Å². The van der Waals surface area contributed by atoms with Crippen molar-refractivity contribution in [3.05, 3.63) is 53.6 Å². The summed E-state index contributed by atoms with van der Waals surface area (Å²) in [6.07, 6.45) is 6.45. The number of aromatic nitrogens is 2. The summed E-state index contributed by atoms with van der Waals surface area (Å²) in [6, 6.07) is 5.49. The molecule has 1 N–H and O–H groups in total. The number of aliphatic carboxylic acids is 1. The van der Waals surface area contributed by atoms with Crippen LogP contribution >= 0.6 is 0 Å². The Kier molecular flexibility index (Phi) is 4.66. The molecule has 0 aromatic carbocycles. The molecule has 2 aromatic heterocycles. The highest BCUT2D eigenvalue weighted by molar-refractivity contribution is 5.85. The van der Waals surface area contributed by atoms with Crippen LogP contribution in [0.1, 0.15) is 23.9 Å². The predicted octanol–water partition coefficient (Wildman–Crippen LogP) is 3.24. The van der Waals surface area contributed by atoms with E-state index in [1.807, 2.05) is 26.0 Å². The van der Waals surface area contributed by atoms with Crippen molar-refractivity contribution < 1.29 is 14.6 Å². The van der Waals surface area contributed by atoms with E-state index in [9.17, 15) is 4.79 Å². The number of ether oxygens (including phenoxy) is 1. The topological polar surface area (TPSA) is 72.3 Å². The van der Waals surface area contributed by atoms with Crippen LogP contribution in [-0.4, -0.2) is 21.0 Å². The van der Waals surface area contributed by atoms with E-state index in [0.717, 1.165) is 23.9 Å². The fourth-order valence-electron chi connectivity index (χ4n) is 1.82. The molecule has 0 aliphatic carbocycles. The summed E-state index contributed by atoms with van der Waals surface area (Å²) in [5, 5.41) is 8.63.